The zero-order chi connectivity index (χ0) is 22.6. The smallest absolute Gasteiger partial charge is 0.417 e. The van der Waals surface area contributed by atoms with Crippen LogP contribution >= 0.6 is 11.8 Å². The number of nitrogens with two attached hydrogens (primary N) is 1. The van der Waals surface area contributed by atoms with Crippen molar-refractivity contribution in [2.45, 2.75) is 44.7 Å². The molecule has 0 bridgehead atoms. The molecule has 0 heterocycles. The van der Waals surface area contributed by atoms with E-state index < -0.39 is 24.1 Å². The normalized spacial score (nSPS) is 12.8. The van der Waals surface area contributed by atoms with Crippen LogP contribution in [0.1, 0.15) is 31.4 Å². The van der Waals surface area contributed by atoms with Crippen molar-refractivity contribution in [2.75, 3.05) is 5.75 Å². The van der Waals surface area contributed by atoms with Crippen molar-refractivity contribution in [3.8, 4) is 0 Å². The van der Waals surface area contributed by atoms with Gasteiger partial charge in [-0.25, -0.2) is 9.69 Å². The van der Waals surface area contributed by atoms with Crippen molar-refractivity contribution in [3.05, 3.63) is 71.8 Å². The highest BCUT2D eigenvalue weighted by Gasteiger charge is 2.34. The first-order valence-corrected chi connectivity index (χ1v) is 11.4. The van der Waals surface area contributed by atoms with Crippen LogP contribution in [-0.2, 0) is 26.7 Å². The zero-order valence-electron chi connectivity index (χ0n) is 18.0. The minimum atomic E-state index is -0.956. The average Bonchev–Trinajstić information content (AvgIpc) is 2.77. The van der Waals surface area contributed by atoms with Crippen LogP contribution in [0.15, 0.2) is 60.7 Å². The predicted molar refractivity (Wildman–Crippen MR) is 123 cm³/mol. The van der Waals surface area contributed by atoms with Gasteiger partial charge in [-0.15, -0.1) is 0 Å². The Morgan fingerprint density at radius 3 is 2.16 bits per heavy atom. The minimum absolute atomic E-state index is 0.00556. The molecule has 2 amide bonds. The molecule has 0 aliphatic carbocycles. The summed E-state index contributed by atoms with van der Waals surface area (Å²) in [6.45, 7) is 3.89. The molecule has 0 fully saturated rings. The lowest BCUT2D eigenvalue weighted by molar-refractivity contribution is -0.135. The van der Waals surface area contributed by atoms with E-state index in [4.69, 9.17) is 10.5 Å². The Hall–Kier alpha value is -2.64. The summed E-state index contributed by atoms with van der Waals surface area (Å²) < 4.78 is 5.36. The third-order valence-corrected chi connectivity index (χ3v) is 5.69. The molecule has 0 saturated heterocycles. The quantitative estimate of drug-likeness (QED) is 0.529. The maximum atomic E-state index is 13.0. The molecule has 1 unspecified atom stereocenters. The average molecular weight is 443 g/mol. The van der Waals surface area contributed by atoms with E-state index in [0.717, 1.165) is 16.0 Å². The molecule has 0 aromatic heterocycles. The highest BCUT2D eigenvalue weighted by molar-refractivity contribution is 7.98. The van der Waals surface area contributed by atoms with Crippen molar-refractivity contribution in [1.82, 2.24) is 4.90 Å². The van der Waals surface area contributed by atoms with Gasteiger partial charge in [0.25, 0.3) is 0 Å². The number of hydrogen-bond donors (Lipinski definition) is 1. The Bertz CT molecular complexity index is 830. The van der Waals surface area contributed by atoms with Crippen LogP contribution in [0.25, 0.3) is 0 Å². The Labute approximate surface area is 188 Å². The summed E-state index contributed by atoms with van der Waals surface area (Å²) in [4.78, 5) is 38.6. The van der Waals surface area contributed by atoms with Crippen molar-refractivity contribution in [1.29, 1.82) is 0 Å². The summed E-state index contributed by atoms with van der Waals surface area (Å²) in [6, 6.07) is 17.1. The van der Waals surface area contributed by atoms with E-state index in [1.54, 1.807) is 0 Å². The number of carbonyl (C=O) groups is 3. The first-order chi connectivity index (χ1) is 14.9. The summed E-state index contributed by atoms with van der Waals surface area (Å²) in [7, 11) is 0. The monoisotopic (exact) mass is 442 g/mol. The van der Waals surface area contributed by atoms with Crippen molar-refractivity contribution < 1.29 is 19.1 Å². The molecule has 0 radical (unpaired) electrons. The molecule has 2 aromatic rings. The molecule has 0 saturated carbocycles. The number of nitrogens with zero attached hydrogens (tertiary/aromatic N) is 1. The molecule has 166 valence electrons. The molecule has 0 spiro atoms. The van der Waals surface area contributed by atoms with E-state index in [1.807, 2.05) is 74.5 Å². The van der Waals surface area contributed by atoms with Crippen molar-refractivity contribution in [2.24, 2.45) is 11.7 Å². The van der Waals surface area contributed by atoms with Crippen LogP contribution < -0.4 is 5.73 Å². The second-order valence-corrected chi connectivity index (χ2v) is 8.72. The topological polar surface area (TPSA) is 89.7 Å². The van der Waals surface area contributed by atoms with Gasteiger partial charge in [-0.2, -0.15) is 11.8 Å². The van der Waals surface area contributed by atoms with E-state index in [2.05, 4.69) is 0 Å². The highest BCUT2D eigenvalue weighted by Crippen LogP contribution is 2.18. The summed E-state index contributed by atoms with van der Waals surface area (Å²) >= 11 is 1.47. The fourth-order valence-corrected chi connectivity index (χ4v) is 4.03. The third kappa shape index (κ3) is 8.19. The Balaban J connectivity index is 2.10. The Morgan fingerprint density at radius 1 is 1.03 bits per heavy atom. The van der Waals surface area contributed by atoms with Crippen molar-refractivity contribution in [3.63, 3.8) is 0 Å². The lowest BCUT2D eigenvalue weighted by Gasteiger charge is -2.28. The summed E-state index contributed by atoms with van der Waals surface area (Å²) in [6.07, 6.45) is 0.164. The van der Waals surface area contributed by atoms with Gasteiger partial charge < -0.3 is 15.3 Å². The minimum Gasteiger partial charge on any atom is -0.444 e. The first kappa shape index (κ1) is 24.6. The number of amides is 2. The predicted octanol–water partition coefficient (Wildman–Crippen LogP) is 4.03. The molecule has 7 heteroatoms. The molecule has 2 rings (SSSR count). The number of aldehydes is 1. The number of benzene rings is 2. The van der Waals surface area contributed by atoms with Crippen LogP contribution in [0.5, 0.6) is 0 Å². The van der Waals surface area contributed by atoms with E-state index in [9.17, 15) is 14.4 Å². The highest BCUT2D eigenvalue weighted by atomic mass is 32.2. The molecule has 2 aromatic carbocycles. The maximum Gasteiger partial charge on any atom is 0.417 e. The summed E-state index contributed by atoms with van der Waals surface area (Å²) in [5.41, 5.74) is 7.94. The van der Waals surface area contributed by atoms with Gasteiger partial charge in [0.15, 0.2) is 0 Å². The van der Waals surface area contributed by atoms with Gasteiger partial charge in [-0.1, -0.05) is 74.5 Å². The van der Waals surface area contributed by atoms with E-state index in [1.165, 1.54) is 11.8 Å². The lowest BCUT2D eigenvalue weighted by atomic mass is 10.0. The van der Waals surface area contributed by atoms with E-state index in [0.29, 0.717) is 18.5 Å². The third-order valence-electron chi connectivity index (χ3n) is 4.57. The standard InChI is InChI=1S/C24H30N2O4S/c1-18(2)13-22(25)23(28)26(24(29)30-15-19-9-5-3-6-10-19)21(14-27)17-31-16-20-11-7-4-8-12-20/h3-12,14,18,21-22H,13,15-17,25H2,1-2H3/t21?,22-/m0/s1. The number of carbonyl (C=O) groups excluding carboxylic acids is 3. The van der Waals surface area contributed by atoms with Gasteiger partial charge >= 0.3 is 6.09 Å². The summed E-state index contributed by atoms with van der Waals surface area (Å²) in [5, 5.41) is 0. The summed E-state index contributed by atoms with van der Waals surface area (Å²) in [5.74, 6) is 0.496. The molecule has 0 aliphatic heterocycles. The number of hydrogen-bond acceptors (Lipinski definition) is 6. The maximum absolute atomic E-state index is 13.0. The van der Waals surface area contributed by atoms with Gasteiger partial charge in [0.2, 0.25) is 5.91 Å². The van der Waals surface area contributed by atoms with Gasteiger partial charge in [-0.05, 0) is 23.5 Å². The number of thioether (sulfide) groups is 1. The molecule has 31 heavy (non-hydrogen) atoms. The Kier molecular flexibility index (Phi) is 10.3. The molecule has 2 atom stereocenters. The molecular formula is C24H30N2O4S. The van der Waals surface area contributed by atoms with E-state index in [-0.39, 0.29) is 18.3 Å². The van der Waals surface area contributed by atoms with Crippen LogP contribution in [0.2, 0.25) is 0 Å². The molecule has 0 aliphatic rings. The first-order valence-electron chi connectivity index (χ1n) is 10.3. The second kappa shape index (κ2) is 12.9. The van der Waals surface area contributed by atoms with Crippen molar-refractivity contribution >= 4 is 30.0 Å². The van der Waals surface area contributed by atoms with Crippen LogP contribution in [0.4, 0.5) is 4.79 Å². The lowest BCUT2D eigenvalue weighted by Crippen LogP contribution is -2.53. The van der Waals surface area contributed by atoms with Crippen LogP contribution in [0, 0.1) is 5.92 Å². The zero-order valence-corrected chi connectivity index (χ0v) is 18.8. The fraction of sp³-hybridized carbons (Fsp3) is 0.375. The van der Waals surface area contributed by atoms with Gasteiger partial charge in [-0.3, -0.25) is 4.79 Å². The van der Waals surface area contributed by atoms with E-state index >= 15 is 0 Å². The molecule has 2 N–H and O–H groups in total. The molecule has 6 nitrogen and oxygen atoms in total. The Morgan fingerprint density at radius 2 is 1.61 bits per heavy atom. The number of ether oxygens (including phenoxy) is 1. The van der Waals surface area contributed by atoms with Crippen LogP contribution in [-0.4, -0.2) is 41.0 Å². The second-order valence-electron chi connectivity index (χ2n) is 7.69. The number of rotatable bonds is 11. The SMILES string of the molecule is CC(C)C[C@H](N)C(=O)N(C(=O)OCc1ccccc1)C(C=O)CSCc1ccccc1. The van der Waals surface area contributed by atoms with Gasteiger partial charge in [0.05, 0.1) is 6.04 Å². The fourth-order valence-electron chi connectivity index (χ4n) is 3.01. The van der Waals surface area contributed by atoms with Gasteiger partial charge in [0, 0.05) is 11.5 Å². The molecular weight excluding hydrogens is 412 g/mol. The number of imide groups is 1. The largest absolute Gasteiger partial charge is 0.444 e. The van der Waals surface area contributed by atoms with Gasteiger partial charge in [0.1, 0.15) is 18.9 Å². The van der Waals surface area contributed by atoms with Crippen LogP contribution in [0.3, 0.4) is 0 Å².